The third-order valence-electron chi connectivity index (χ3n) is 4.10. The van der Waals surface area contributed by atoms with E-state index >= 15 is 0 Å². The Morgan fingerprint density at radius 3 is 2.43 bits per heavy atom. The average molecular weight is 431 g/mol. The van der Waals surface area contributed by atoms with Crippen molar-refractivity contribution in [2.45, 2.75) is 6.92 Å². The number of nitrogens with one attached hydrogen (secondary N) is 1. The summed E-state index contributed by atoms with van der Waals surface area (Å²) in [5, 5.41) is 9.44. The molecule has 1 N–H and O–H groups in total. The molecular weight excluding hydrogens is 417 g/mol. The largest absolute Gasteiger partial charge is 0.323 e. The molecule has 4 aromatic rings. The van der Waals surface area contributed by atoms with Gasteiger partial charge in [0.1, 0.15) is 0 Å². The summed E-state index contributed by atoms with van der Waals surface area (Å²) >= 11 is 18.1. The first-order chi connectivity index (χ1) is 13.5. The molecule has 0 saturated heterocycles. The molecule has 0 atom stereocenters. The van der Waals surface area contributed by atoms with Crippen molar-refractivity contribution in [2.24, 2.45) is 0 Å². The molecule has 0 radical (unpaired) electrons. The third kappa shape index (κ3) is 3.97. The molecule has 0 aliphatic rings. The molecular formula is C20H14Cl3N5. The van der Waals surface area contributed by atoms with E-state index in [4.69, 9.17) is 34.8 Å². The second-order valence-corrected chi connectivity index (χ2v) is 7.34. The minimum Gasteiger partial charge on any atom is -0.323 e. The standard InChI is InChI=1S/C20H14Cl3N5/c1-12-16(11-28(27-12)15-5-2-13(21)3-6-15)18-8-9-24-20(25-18)26-19-7-4-14(22)10-17(19)23/h2-11H,1H3,(H,24,25,26). The Bertz CT molecular complexity index is 1140. The monoisotopic (exact) mass is 429 g/mol. The molecule has 0 amide bonds. The summed E-state index contributed by atoms with van der Waals surface area (Å²) in [5.74, 6) is 0.431. The van der Waals surface area contributed by atoms with Crippen molar-refractivity contribution >= 4 is 46.4 Å². The predicted molar refractivity (Wildman–Crippen MR) is 114 cm³/mol. The Hall–Kier alpha value is -2.60. The maximum atomic E-state index is 6.22. The van der Waals surface area contributed by atoms with Gasteiger partial charge in [-0.3, -0.25) is 0 Å². The highest BCUT2D eigenvalue weighted by molar-refractivity contribution is 6.36. The zero-order chi connectivity index (χ0) is 19.7. The van der Waals surface area contributed by atoms with E-state index in [1.807, 2.05) is 43.5 Å². The highest BCUT2D eigenvalue weighted by atomic mass is 35.5. The van der Waals surface area contributed by atoms with Crippen LogP contribution in [0.4, 0.5) is 11.6 Å². The maximum Gasteiger partial charge on any atom is 0.227 e. The summed E-state index contributed by atoms with van der Waals surface area (Å²) in [6.45, 7) is 1.94. The Labute approximate surface area is 176 Å². The fourth-order valence-electron chi connectivity index (χ4n) is 2.72. The molecule has 0 saturated carbocycles. The molecule has 2 heterocycles. The van der Waals surface area contributed by atoms with Crippen LogP contribution in [0, 0.1) is 6.92 Å². The van der Waals surface area contributed by atoms with Gasteiger partial charge in [-0.25, -0.2) is 14.6 Å². The van der Waals surface area contributed by atoms with E-state index in [1.54, 1.807) is 29.1 Å². The fourth-order valence-corrected chi connectivity index (χ4v) is 3.30. The van der Waals surface area contributed by atoms with Gasteiger partial charge in [0.05, 0.1) is 27.8 Å². The molecule has 8 heteroatoms. The highest BCUT2D eigenvalue weighted by Gasteiger charge is 2.12. The van der Waals surface area contributed by atoms with Crippen LogP contribution in [0.15, 0.2) is 60.9 Å². The van der Waals surface area contributed by atoms with Gasteiger partial charge in [-0.15, -0.1) is 0 Å². The Morgan fingerprint density at radius 1 is 0.929 bits per heavy atom. The van der Waals surface area contributed by atoms with E-state index in [0.29, 0.717) is 26.7 Å². The molecule has 2 aromatic heterocycles. The van der Waals surface area contributed by atoms with Crippen molar-refractivity contribution in [3.05, 3.63) is 81.7 Å². The molecule has 5 nitrogen and oxygen atoms in total. The van der Waals surface area contributed by atoms with Crippen molar-refractivity contribution in [1.82, 2.24) is 19.7 Å². The van der Waals surface area contributed by atoms with Gasteiger partial charge in [0.2, 0.25) is 5.95 Å². The third-order valence-corrected chi connectivity index (χ3v) is 4.90. The lowest BCUT2D eigenvalue weighted by molar-refractivity contribution is 0.863. The predicted octanol–water partition coefficient (Wildman–Crippen LogP) is 6.34. The highest BCUT2D eigenvalue weighted by Crippen LogP contribution is 2.28. The van der Waals surface area contributed by atoms with Crippen LogP contribution in [0.2, 0.25) is 15.1 Å². The second-order valence-electron chi connectivity index (χ2n) is 6.06. The number of hydrogen-bond acceptors (Lipinski definition) is 4. The van der Waals surface area contributed by atoms with E-state index in [9.17, 15) is 0 Å². The van der Waals surface area contributed by atoms with Crippen molar-refractivity contribution in [3.63, 3.8) is 0 Å². The molecule has 28 heavy (non-hydrogen) atoms. The van der Waals surface area contributed by atoms with Gasteiger partial charge in [-0.2, -0.15) is 5.10 Å². The molecule has 0 aliphatic heterocycles. The van der Waals surface area contributed by atoms with E-state index in [0.717, 1.165) is 22.6 Å². The van der Waals surface area contributed by atoms with Gasteiger partial charge >= 0.3 is 0 Å². The van der Waals surface area contributed by atoms with Crippen molar-refractivity contribution in [3.8, 4) is 16.9 Å². The van der Waals surface area contributed by atoms with Gasteiger partial charge in [0.15, 0.2) is 0 Å². The summed E-state index contributed by atoms with van der Waals surface area (Å²) < 4.78 is 1.80. The first-order valence-electron chi connectivity index (χ1n) is 8.37. The van der Waals surface area contributed by atoms with Gasteiger partial charge in [-0.1, -0.05) is 34.8 Å². The van der Waals surface area contributed by atoms with Crippen LogP contribution in [-0.2, 0) is 0 Å². The lowest BCUT2D eigenvalue weighted by atomic mass is 10.2. The van der Waals surface area contributed by atoms with E-state index in [2.05, 4.69) is 20.4 Å². The summed E-state index contributed by atoms with van der Waals surface area (Å²) in [4.78, 5) is 8.87. The SMILES string of the molecule is Cc1nn(-c2ccc(Cl)cc2)cc1-c1ccnc(Nc2ccc(Cl)cc2Cl)n1. The van der Waals surface area contributed by atoms with Gasteiger partial charge in [0.25, 0.3) is 0 Å². The van der Waals surface area contributed by atoms with Crippen molar-refractivity contribution in [1.29, 1.82) is 0 Å². The molecule has 0 fully saturated rings. The summed E-state index contributed by atoms with van der Waals surface area (Å²) in [7, 11) is 0. The van der Waals surface area contributed by atoms with Gasteiger partial charge in [0, 0.05) is 28.0 Å². The Morgan fingerprint density at radius 2 is 1.68 bits per heavy atom. The molecule has 0 spiro atoms. The van der Waals surface area contributed by atoms with Crippen molar-refractivity contribution < 1.29 is 0 Å². The van der Waals surface area contributed by atoms with E-state index < -0.39 is 0 Å². The number of aryl methyl sites for hydroxylation is 1. The molecule has 140 valence electrons. The van der Waals surface area contributed by atoms with E-state index in [1.165, 1.54) is 0 Å². The van der Waals surface area contributed by atoms with Crippen molar-refractivity contribution in [2.75, 3.05) is 5.32 Å². The van der Waals surface area contributed by atoms with Crippen LogP contribution >= 0.6 is 34.8 Å². The minimum absolute atomic E-state index is 0.431. The number of nitrogens with zero attached hydrogens (tertiary/aromatic N) is 4. The average Bonchev–Trinajstić information content (AvgIpc) is 3.07. The topological polar surface area (TPSA) is 55.6 Å². The van der Waals surface area contributed by atoms with Gasteiger partial charge < -0.3 is 5.32 Å². The quantitative estimate of drug-likeness (QED) is 0.410. The minimum atomic E-state index is 0.431. The molecule has 4 rings (SSSR count). The first kappa shape index (κ1) is 18.7. The van der Waals surface area contributed by atoms with Crippen LogP contribution in [0.3, 0.4) is 0 Å². The molecule has 0 unspecified atom stereocenters. The number of anilines is 2. The summed E-state index contributed by atoms with van der Waals surface area (Å²) in [5.41, 5.74) is 4.10. The van der Waals surface area contributed by atoms with Crippen LogP contribution in [0.5, 0.6) is 0 Å². The number of benzene rings is 2. The second kappa shape index (κ2) is 7.80. The first-order valence-corrected chi connectivity index (χ1v) is 9.51. The van der Waals surface area contributed by atoms with Crippen LogP contribution in [0.1, 0.15) is 5.69 Å². The summed E-state index contributed by atoms with van der Waals surface area (Å²) in [6.07, 6.45) is 3.62. The fraction of sp³-hybridized carbons (Fsp3) is 0.0500. The summed E-state index contributed by atoms with van der Waals surface area (Å²) in [6, 6.07) is 14.5. The molecule has 0 bridgehead atoms. The Balaban J connectivity index is 1.65. The number of halogens is 3. The smallest absolute Gasteiger partial charge is 0.227 e. The molecule has 0 aliphatic carbocycles. The number of hydrogen-bond donors (Lipinski definition) is 1. The Kier molecular flexibility index (Phi) is 5.22. The van der Waals surface area contributed by atoms with Gasteiger partial charge in [-0.05, 0) is 55.5 Å². The molecule has 2 aromatic carbocycles. The zero-order valence-electron chi connectivity index (χ0n) is 14.7. The normalized spacial score (nSPS) is 10.9. The lowest BCUT2D eigenvalue weighted by Crippen LogP contribution is -1.98. The van der Waals surface area contributed by atoms with E-state index in [-0.39, 0.29) is 0 Å². The van der Waals surface area contributed by atoms with Crippen LogP contribution < -0.4 is 5.32 Å². The number of aromatic nitrogens is 4. The zero-order valence-corrected chi connectivity index (χ0v) is 17.0. The number of rotatable bonds is 4. The lowest BCUT2D eigenvalue weighted by Gasteiger charge is -2.08. The van der Waals surface area contributed by atoms with Crippen LogP contribution in [-0.4, -0.2) is 19.7 Å². The van der Waals surface area contributed by atoms with Crippen LogP contribution in [0.25, 0.3) is 16.9 Å². The maximum absolute atomic E-state index is 6.22.